The van der Waals surface area contributed by atoms with Gasteiger partial charge in [0.05, 0.1) is 0 Å². The Morgan fingerprint density at radius 3 is 2.38 bits per heavy atom. The van der Waals surface area contributed by atoms with Crippen molar-refractivity contribution >= 4 is 11.9 Å². The van der Waals surface area contributed by atoms with Crippen LogP contribution in [-0.4, -0.2) is 36.9 Å². The number of rotatable bonds is 5. The number of hydrogen-bond acceptors (Lipinski definition) is 3. The molecule has 1 saturated heterocycles. The minimum Gasteiger partial charge on any atom is -0.490 e. The Labute approximate surface area is 143 Å². The minimum absolute atomic E-state index is 0.00435. The maximum absolute atomic E-state index is 12.2. The second-order valence-electron chi connectivity index (χ2n) is 6.25. The third kappa shape index (κ3) is 4.56. The Morgan fingerprint density at radius 2 is 1.71 bits per heavy atom. The molecule has 3 nitrogen and oxygen atoms in total. The predicted molar refractivity (Wildman–Crippen MR) is 97.4 cm³/mol. The van der Waals surface area contributed by atoms with E-state index in [1.807, 2.05) is 60.7 Å². The zero-order valence-electron chi connectivity index (χ0n) is 14.0. The number of ketones is 1. The van der Waals surface area contributed by atoms with E-state index in [4.69, 9.17) is 4.74 Å². The standard InChI is InChI=1S/C21H23NO2/c1-22-15-13-20(14-16-22)24-19-10-8-18(9-11-19)21(23)12-7-17-5-3-2-4-6-17/h2-12,20H,13-16H2,1H3/b12-7+. The summed E-state index contributed by atoms with van der Waals surface area (Å²) in [5.41, 5.74) is 1.70. The third-order valence-corrected chi connectivity index (χ3v) is 4.33. The molecule has 124 valence electrons. The molecule has 1 fully saturated rings. The molecule has 3 rings (SSSR count). The SMILES string of the molecule is CN1CCC(Oc2ccc(C(=O)/C=C/c3ccccc3)cc2)CC1. The lowest BCUT2D eigenvalue weighted by Crippen LogP contribution is -2.35. The molecule has 1 aliphatic heterocycles. The second kappa shape index (κ2) is 7.93. The molecule has 2 aromatic carbocycles. The Balaban J connectivity index is 1.57. The summed E-state index contributed by atoms with van der Waals surface area (Å²) in [5.74, 6) is 0.845. The van der Waals surface area contributed by atoms with Gasteiger partial charge in [-0.25, -0.2) is 0 Å². The number of hydrogen-bond donors (Lipinski definition) is 0. The van der Waals surface area contributed by atoms with E-state index in [9.17, 15) is 4.79 Å². The van der Waals surface area contributed by atoms with Crippen molar-refractivity contribution in [3.8, 4) is 5.75 Å². The molecule has 0 saturated carbocycles. The van der Waals surface area contributed by atoms with E-state index in [0.29, 0.717) is 5.56 Å². The molecule has 0 atom stereocenters. The van der Waals surface area contributed by atoms with Crippen molar-refractivity contribution in [1.29, 1.82) is 0 Å². The largest absolute Gasteiger partial charge is 0.490 e. The smallest absolute Gasteiger partial charge is 0.185 e. The molecule has 0 aromatic heterocycles. The highest BCUT2D eigenvalue weighted by Crippen LogP contribution is 2.19. The Morgan fingerprint density at radius 1 is 1.04 bits per heavy atom. The van der Waals surface area contributed by atoms with Crippen LogP contribution in [0.3, 0.4) is 0 Å². The van der Waals surface area contributed by atoms with Crippen molar-refractivity contribution < 1.29 is 9.53 Å². The normalized spacial score (nSPS) is 16.4. The van der Waals surface area contributed by atoms with Crippen LogP contribution in [0.4, 0.5) is 0 Å². The van der Waals surface area contributed by atoms with E-state index < -0.39 is 0 Å². The molecule has 1 heterocycles. The molecule has 3 heteroatoms. The molecule has 2 aromatic rings. The van der Waals surface area contributed by atoms with E-state index in [2.05, 4.69) is 11.9 Å². The molecular formula is C21H23NO2. The van der Waals surface area contributed by atoms with E-state index in [0.717, 1.165) is 37.2 Å². The number of nitrogens with zero attached hydrogens (tertiary/aromatic N) is 1. The molecule has 0 amide bonds. The van der Waals surface area contributed by atoms with Gasteiger partial charge in [0.1, 0.15) is 11.9 Å². The van der Waals surface area contributed by atoms with Crippen molar-refractivity contribution in [3.63, 3.8) is 0 Å². The van der Waals surface area contributed by atoms with Crippen LogP contribution in [0, 0.1) is 0 Å². The lowest BCUT2D eigenvalue weighted by Gasteiger charge is -2.29. The predicted octanol–water partition coefficient (Wildman–Crippen LogP) is 4.06. The van der Waals surface area contributed by atoms with Crippen LogP contribution in [0.5, 0.6) is 5.75 Å². The van der Waals surface area contributed by atoms with Gasteiger partial charge in [0.2, 0.25) is 0 Å². The van der Waals surface area contributed by atoms with Crippen molar-refractivity contribution in [3.05, 3.63) is 71.8 Å². The molecule has 0 spiro atoms. The summed E-state index contributed by atoms with van der Waals surface area (Å²) in [4.78, 5) is 14.5. The molecule has 24 heavy (non-hydrogen) atoms. The van der Waals surface area contributed by atoms with Crippen molar-refractivity contribution in [2.45, 2.75) is 18.9 Å². The Kier molecular flexibility index (Phi) is 5.44. The summed E-state index contributed by atoms with van der Waals surface area (Å²) in [6.07, 6.45) is 5.84. The van der Waals surface area contributed by atoms with E-state index >= 15 is 0 Å². The highest BCUT2D eigenvalue weighted by Gasteiger charge is 2.17. The molecule has 1 aliphatic rings. The highest BCUT2D eigenvalue weighted by molar-refractivity contribution is 6.06. The number of allylic oxidation sites excluding steroid dienone is 1. The molecular weight excluding hydrogens is 298 g/mol. The van der Waals surface area contributed by atoms with E-state index in [-0.39, 0.29) is 11.9 Å². The Bertz CT molecular complexity index is 684. The Hall–Kier alpha value is -2.39. The lowest BCUT2D eigenvalue weighted by atomic mass is 10.1. The first-order valence-electron chi connectivity index (χ1n) is 8.43. The fourth-order valence-corrected chi connectivity index (χ4v) is 2.83. The minimum atomic E-state index is 0.00435. The first-order valence-corrected chi connectivity index (χ1v) is 8.43. The molecule has 0 radical (unpaired) electrons. The maximum atomic E-state index is 12.2. The number of likely N-dealkylation sites (tertiary alicyclic amines) is 1. The van der Waals surface area contributed by atoms with Gasteiger partial charge >= 0.3 is 0 Å². The molecule has 0 aliphatic carbocycles. The van der Waals surface area contributed by atoms with Crippen molar-refractivity contribution in [2.75, 3.05) is 20.1 Å². The van der Waals surface area contributed by atoms with Gasteiger partial charge in [-0.2, -0.15) is 0 Å². The summed E-state index contributed by atoms with van der Waals surface area (Å²) in [6, 6.07) is 17.3. The number of ether oxygens (including phenoxy) is 1. The van der Waals surface area contributed by atoms with E-state index in [1.54, 1.807) is 6.08 Å². The monoisotopic (exact) mass is 321 g/mol. The van der Waals surface area contributed by atoms with Crippen molar-refractivity contribution in [2.24, 2.45) is 0 Å². The molecule has 0 N–H and O–H groups in total. The van der Waals surface area contributed by atoms with Crippen LogP contribution in [0.2, 0.25) is 0 Å². The van der Waals surface area contributed by atoms with Gasteiger partial charge in [0.15, 0.2) is 5.78 Å². The summed E-state index contributed by atoms with van der Waals surface area (Å²) in [6.45, 7) is 2.15. The van der Waals surface area contributed by atoms with Gasteiger partial charge in [0, 0.05) is 18.7 Å². The average Bonchev–Trinajstić information content (AvgIpc) is 2.63. The topological polar surface area (TPSA) is 29.5 Å². The van der Waals surface area contributed by atoms with Gasteiger partial charge in [-0.05, 0) is 55.8 Å². The summed E-state index contributed by atoms with van der Waals surface area (Å²) in [5, 5.41) is 0. The van der Waals surface area contributed by atoms with Crippen LogP contribution < -0.4 is 4.74 Å². The van der Waals surface area contributed by atoms with Gasteiger partial charge in [-0.3, -0.25) is 4.79 Å². The zero-order valence-corrected chi connectivity index (χ0v) is 14.0. The van der Waals surface area contributed by atoms with Crippen LogP contribution in [0.25, 0.3) is 6.08 Å². The molecule has 0 bridgehead atoms. The van der Waals surface area contributed by atoms with Crippen LogP contribution >= 0.6 is 0 Å². The van der Waals surface area contributed by atoms with Crippen LogP contribution in [0.15, 0.2) is 60.7 Å². The average molecular weight is 321 g/mol. The van der Waals surface area contributed by atoms with Gasteiger partial charge in [-0.15, -0.1) is 0 Å². The summed E-state index contributed by atoms with van der Waals surface area (Å²) >= 11 is 0. The van der Waals surface area contributed by atoms with Crippen molar-refractivity contribution in [1.82, 2.24) is 4.90 Å². The third-order valence-electron chi connectivity index (χ3n) is 4.33. The first kappa shape index (κ1) is 16.5. The first-order chi connectivity index (χ1) is 11.7. The van der Waals surface area contributed by atoms with Gasteiger partial charge < -0.3 is 9.64 Å². The van der Waals surface area contributed by atoms with E-state index in [1.165, 1.54) is 0 Å². The number of carbonyl (C=O) groups excluding carboxylic acids is 1. The molecule has 0 unspecified atom stereocenters. The number of piperidine rings is 1. The van der Waals surface area contributed by atoms with Gasteiger partial charge in [-0.1, -0.05) is 36.4 Å². The quantitative estimate of drug-likeness (QED) is 0.614. The second-order valence-corrected chi connectivity index (χ2v) is 6.25. The fourth-order valence-electron chi connectivity index (χ4n) is 2.83. The summed E-state index contributed by atoms with van der Waals surface area (Å²) in [7, 11) is 2.14. The lowest BCUT2D eigenvalue weighted by molar-refractivity contribution is 0.104. The zero-order chi connectivity index (χ0) is 16.8. The summed E-state index contributed by atoms with van der Waals surface area (Å²) < 4.78 is 6.01. The number of carbonyl (C=O) groups is 1. The van der Waals surface area contributed by atoms with Crippen LogP contribution in [-0.2, 0) is 0 Å². The highest BCUT2D eigenvalue weighted by atomic mass is 16.5. The number of benzene rings is 2. The fraction of sp³-hybridized carbons (Fsp3) is 0.286. The maximum Gasteiger partial charge on any atom is 0.185 e. The van der Waals surface area contributed by atoms with Gasteiger partial charge in [0.25, 0.3) is 0 Å². The van der Waals surface area contributed by atoms with Crippen LogP contribution in [0.1, 0.15) is 28.8 Å².